The molecule has 9 heteroatoms. The number of hydrogen-bond acceptors (Lipinski definition) is 4. The lowest BCUT2D eigenvalue weighted by Gasteiger charge is -2.36. The third-order valence-corrected chi connectivity index (χ3v) is 7.09. The van der Waals surface area contributed by atoms with E-state index >= 15 is 0 Å². The van der Waals surface area contributed by atoms with Gasteiger partial charge in [0.05, 0.1) is 33.7 Å². The fraction of sp³-hybridized carbons (Fsp3) is 0.259. The van der Waals surface area contributed by atoms with Crippen LogP contribution in [0.1, 0.15) is 17.4 Å². The second-order valence-electron chi connectivity index (χ2n) is 8.61. The molecule has 0 N–H and O–H groups in total. The van der Waals surface area contributed by atoms with Gasteiger partial charge in [-0.3, -0.25) is 4.79 Å². The molecule has 1 fully saturated rings. The molecule has 7 nitrogen and oxygen atoms in total. The average molecular weight is 524 g/mol. The number of para-hydroxylation sites is 2. The fourth-order valence-corrected chi connectivity index (χ4v) is 4.80. The van der Waals surface area contributed by atoms with Crippen LogP contribution in [0.5, 0.6) is 5.75 Å². The molecule has 0 spiro atoms. The summed E-state index contributed by atoms with van der Waals surface area (Å²) in [5.74, 6) is 0.788. The topological polar surface area (TPSA) is 55.5 Å². The Bertz CT molecular complexity index is 1390. The van der Waals surface area contributed by atoms with Crippen molar-refractivity contribution in [2.75, 3.05) is 37.7 Å². The summed E-state index contributed by atoms with van der Waals surface area (Å²) in [6, 6.07) is 19.1. The van der Waals surface area contributed by atoms with E-state index in [1.165, 1.54) is 0 Å². The number of anilines is 1. The zero-order valence-electron chi connectivity index (χ0n) is 20.2. The lowest BCUT2D eigenvalue weighted by Crippen LogP contribution is -2.49. The molecule has 5 rings (SSSR count). The summed E-state index contributed by atoms with van der Waals surface area (Å²) in [4.78, 5) is 17.9. The van der Waals surface area contributed by atoms with Crippen LogP contribution >= 0.6 is 23.2 Å². The molecular formula is C27H27Cl2N5O2. The molecular weight excluding hydrogens is 497 g/mol. The molecule has 1 saturated heterocycles. The Morgan fingerprint density at radius 1 is 0.972 bits per heavy atom. The number of carbonyl (C=O) groups excluding carboxylic acids is 1. The smallest absolute Gasteiger partial charge is 0.272 e. The first kappa shape index (κ1) is 24.3. The van der Waals surface area contributed by atoms with Crippen molar-refractivity contribution in [3.63, 3.8) is 0 Å². The van der Waals surface area contributed by atoms with Gasteiger partial charge in [-0.15, -0.1) is 0 Å². The molecule has 1 aliphatic heterocycles. The van der Waals surface area contributed by atoms with Crippen LogP contribution in [0.4, 0.5) is 5.69 Å². The highest BCUT2D eigenvalue weighted by Crippen LogP contribution is 2.30. The normalized spacial score (nSPS) is 13.8. The SMILES string of the molecule is CCOc1ccccc1N1CCN(C(=O)c2cc(-c3cccn3C)nn2-c2ccc(Cl)c(Cl)c2)CC1. The first-order chi connectivity index (χ1) is 17.5. The summed E-state index contributed by atoms with van der Waals surface area (Å²) in [6.07, 6.45) is 1.95. The van der Waals surface area contributed by atoms with Crippen molar-refractivity contribution in [1.82, 2.24) is 19.2 Å². The van der Waals surface area contributed by atoms with Crippen molar-refractivity contribution < 1.29 is 9.53 Å². The van der Waals surface area contributed by atoms with Gasteiger partial charge in [0.15, 0.2) is 0 Å². The summed E-state index contributed by atoms with van der Waals surface area (Å²) in [5.41, 5.74) is 3.84. The van der Waals surface area contributed by atoms with Crippen molar-refractivity contribution in [3.05, 3.63) is 82.6 Å². The number of piperazine rings is 1. The van der Waals surface area contributed by atoms with Gasteiger partial charge >= 0.3 is 0 Å². The fourth-order valence-electron chi connectivity index (χ4n) is 4.51. The summed E-state index contributed by atoms with van der Waals surface area (Å²) < 4.78 is 9.44. The number of hydrogen-bond donors (Lipinski definition) is 0. The van der Waals surface area contributed by atoms with Gasteiger partial charge in [0.25, 0.3) is 5.91 Å². The highest BCUT2D eigenvalue weighted by molar-refractivity contribution is 6.42. The Balaban J connectivity index is 1.43. The maximum atomic E-state index is 13.8. The number of halogens is 2. The van der Waals surface area contributed by atoms with E-state index in [-0.39, 0.29) is 5.91 Å². The Labute approximate surface area is 220 Å². The van der Waals surface area contributed by atoms with E-state index in [1.54, 1.807) is 16.8 Å². The third-order valence-electron chi connectivity index (χ3n) is 6.36. The molecule has 2 aromatic heterocycles. The minimum absolute atomic E-state index is 0.0771. The molecule has 0 radical (unpaired) electrons. The first-order valence-corrected chi connectivity index (χ1v) is 12.6. The zero-order chi connectivity index (χ0) is 25.2. The lowest BCUT2D eigenvalue weighted by atomic mass is 10.2. The molecule has 0 atom stereocenters. The third kappa shape index (κ3) is 4.68. The number of rotatable bonds is 6. The largest absolute Gasteiger partial charge is 0.492 e. The Morgan fingerprint density at radius 3 is 2.44 bits per heavy atom. The van der Waals surface area contributed by atoms with Crippen LogP contribution in [-0.4, -0.2) is 57.9 Å². The molecule has 36 heavy (non-hydrogen) atoms. The summed E-state index contributed by atoms with van der Waals surface area (Å²) in [5, 5.41) is 5.64. The van der Waals surface area contributed by atoms with E-state index in [0.717, 1.165) is 17.1 Å². The number of carbonyl (C=O) groups is 1. The Morgan fingerprint density at radius 2 is 1.75 bits per heavy atom. The first-order valence-electron chi connectivity index (χ1n) is 11.9. The number of amides is 1. The van der Waals surface area contributed by atoms with Gasteiger partial charge in [-0.1, -0.05) is 35.3 Å². The number of benzene rings is 2. The molecule has 186 valence electrons. The van der Waals surface area contributed by atoms with Gasteiger partial charge in [0.1, 0.15) is 17.1 Å². The van der Waals surface area contributed by atoms with E-state index in [9.17, 15) is 4.79 Å². The predicted octanol–water partition coefficient (Wildman–Crippen LogP) is 5.55. The van der Waals surface area contributed by atoms with Crippen LogP contribution in [0.3, 0.4) is 0 Å². The summed E-state index contributed by atoms with van der Waals surface area (Å²) >= 11 is 12.4. The van der Waals surface area contributed by atoms with Crippen LogP contribution in [0.2, 0.25) is 10.0 Å². The minimum atomic E-state index is -0.0771. The quantitative estimate of drug-likeness (QED) is 0.332. The summed E-state index contributed by atoms with van der Waals surface area (Å²) in [7, 11) is 1.95. The number of aromatic nitrogens is 3. The zero-order valence-corrected chi connectivity index (χ0v) is 21.7. The van der Waals surface area contributed by atoms with Gasteiger partial charge in [-0.2, -0.15) is 5.10 Å². The highest BCUT2D eigenvalue weighted by Gasteiger charge is 2.27. The molecule has 0 aliphatic carbocycles. The number of aryl methyl sites for hydroxylation is 1. The van der Waals surface area contributed by atoms with Gasteiger partial charge < -0.3 is 19.1 Å². The minimum Gasteiger partial charge on any atom is -0.492 e. The van der Waals surface area contributed by atoms with Gasteiger partial charge in [0, 0.05) is 39.4 Å². The average Bonchev–Trinajstić information content (AvgIpc) is 3.52. The van der Waals surface area contributed by atoms with E-state index < -0.39 is 0 Å². The highest BCUT2D eigenvalue weighted by atomic mass is 35.5. The van der Waals surface area contributed by atoms with Crippen molar-refractivity contribution >= 4 is 34.8 Å². The van der Waals surface area contributed by atoms with Gasteiger partial charge in [-0.25, -0.2) is 4.68 Å². The molecule has 1 amide bonds. The standard InChI is InChI=1S/C27H27Cl2N5O2/c1-3-36-26-9-5-4-7-24(26)32-13-15-33(16-14-32)27(35)25-18-22(23-8-6-12-31(23)2)30-34(25)19-10-11-20(28)21(29)17-19/h4-12,17-18H,3,13-16H2,1-2H3. The van der Waals surface area contributed by atoms with Gasteiger partial charge in [-0.05, 0) is 55.5 Å². The van der Waals surface area contributed by atoms with Crippen molar-refractivity contribution in [1.29, 1.82) is 0 Å². The van der Waals surface area contributed by atoms with Crippen LogP contribution in [0.15, 0.2) is 66.9 Å². The van der Waals surface area contributed by atoms with Crippen LogP contribution in [-0.2, 0) is 7.05 Å². The Hall–Kier alpha value is -3.42. The van der Waals surface area contributed by atoms with Crippen LogP contribution in [0.25, 0.3) is 17.1 Å². The maximum Gasteiger partial charge on any atom is 0.272 e. The number of ether oxygens (including phenoxy) is 1. The second-order valence-corrected chi connectivity index (χ2v) is 9.42. The van der Waals surface area contributed by atoms with Crippen LogP contribution < -0.4 is 9.64 Å². The van der Waals surface area contributed by atoms with Gasteiger partial charge in [0.2, 0.25) is 0 Å². The van der Waals surface area contributed by atoms with E-state index in [1.807, 2.05) is 72.1 Å². The lowest BCUT2D eigenvalue weighted by molar-refractivity contribution is 0.0737. The molecule has 1 aliphatic rings. The molecule has 0 unspecified atom stereocenters. The molecule has 2 aromatic carbocycles. The molecule has 0 saturated carbocycles. The summed E-state index contributed by atoms with van der Waals surface area (Å²) in [6.45, 7) is 5.19. The monoisotopic (exact) mass is 523 g/mol. The molecule has 3 heterocycles. The molecule has 4 aromatic rings. The Kier molecular flexibility index (Phi) is 6.94. The van der Waals surface area contributed by atoms with E-state index in [4.69, 9.17) is 33.0 Å². The maximum absolute atomic E-state index is 13.8. The predicted molar refractivity (Wildman–Crippen MR) is 144 cm³/mol. The van der Waals surface area contributed by atoms with Crippen molar-refractivity contribution in [2.24, 2.45) is 7.05 Å². The van der Waals surface area contributed by atoms with Crippen LogP contribution in [0, 0.1) is 0 Å². The van der Waals surface area contributed by atoms with Crippen molar-refractivity contribution in [2.45, 2.75) is 6.92 Å². The van der Waals surface area contributed by atoms with Crippen molar-refractivity contribution in [3.8, 4) is 22.8 Å². The van der Waals surface area contributed by atoms with E-state index in [2.05, 4.69) is 11.0 Å². The second kappa shape index (κ2) is 10.3. The van der Waals surface area contributed by atoms with E-state index in [0.29, 0.717) is 59.9 Å². The number of nitrogens with zero attached hydrogens (tertiary/aromatic N) is 5. The molecule has 0 bridgehead atoms.